The molecule has 0 aromatic rings. The number of allylic oxidation sites excluding steroid dienone is 5. The zero-order valence-electron chi connectivity index (χ0n) is 11.2. The van der Waals surface area contributed by atoms with E-state index in [1.54, 1.807) is 0 Å². The van der Waals surface area contributed by atoms with Crippen LogP contribution in [0.15, 0.2) is 47.1 Å². The van der Waals surface area contributed by atoms with Gasteiger partial charge in [0.15, 0.2) is 0 Å². The number of hydrogen-bond acceptors (Lipinski definition) is 1. The standard InChI is InChI=1S/C16H24O/c1-13(2)8-7-9-14(3)12-16(17)15-10-5-4-6-11-15/h5,8,10-12,16-17H,4,6-7,9H2,1-3H3/b14-12+. The predicted octanol–water partition coefficient (Wildman–Crippen LogP) is 4.32. The van der Waals surface area contributed by atoms with Crippen molar-refractivity contribution in [2.45, 2.75) is 52.6 Å². The molecule has 0 bridgehead atoms. The van der Waals surface area contributed by atoms with Crippen molar-refractivity contribution in [3.05, 3.63) is 47.1 Å². The molecule has 0 radical (unpaired) electrons. The van der Waals surface area contributed by atoms with E-state index in [9.17, 15) is 5.11 Å². The van der Waals surface area contributed by atoms with E-state index in [4.69, 9.17) is 0 Å². The minimum atomic E-state index is -0.432. The van der Waals surface area contributed by atoms with E-state index >= 15 is 0 Å². The Hall–Kier alpha value is -1.08. The molecule has 0 saturated carbocycles. The second kappa shape index (κ2) is 7.29. The van der Waals surface area contributed by atoms with Gasteiger partial charge in [-0.2, -0.15) is 0 Å². The maximum absolute atomic E-state index is 10.0. The monoisotopic (exact) mass is 232 g/mol. The fourth-order valence-electron chi connectivity index (χ4n) is 1.89. The van der Waals surface area contributed by atoms with Crippen molar-refractivity contribution in [1.82, 2.24) is 0 Å². The first kappa shape index (κ1) is 14.0. The van der Waals surface area contributed by atoms with Crippen molar-refractivity contribution < 1.29 is 5.11 Å². The van der Waals surface area contributed by atoms with Gasteiger partial charge in [-0.3, -0.25) is 0 Å². The SMILES string of the molecule is CC(C)=CCC/C(C)=C/C(O)C1=CCCC=C1. The van der Waals surface area contributed by atoms with Gasteiger partial charge in [-0.1, -0.05) is 41.5 Å². The number of rotatable bonds is 5. The summed E-state index contributed by atoms with van der Waals surface area (Å²) in [7, 11) is 0. The van der Waals surface area contributed by atoms with Crippen molar-refractivity contribution in [1.29, 1.82) is 0 Å². The Morgan fingerprint density at radius 2 is 2.12 bits per heavy atom. The molecule has 1 N–H and O–H groups in total. The van der Waals surface area contributed by atoms with E-state index in [2.05, 4.69) is 39.0 Å². The quantitative estimate of drug-likeness (QED) is 0.700. The lowest BCUT2D eigenvalue weighted by Crippen LogP contribution is -2.07. The van der Waals surface area contributed by atoms with E-state index in [0.717, 1.165) is 31.3 Å². The molecule has 0 spiro atoms. The molecule has 0 heterocycles. The molecule has 0 aromatic heterocycles. The van der Waals surface area contributed by atoms with Crippen LogP contribution in [0.4, 0.5) is 0 Å². The summed E-state index contributed by atoms with van der Waals surface area (Å²) in [4.78, 5) is 0. The van der Waals surface area contributed by atoms with Crippen LogP contribution in [-0.2, 0) is 0 Å². The first-order valence-corrected chi connectivity index (χ1v) is 6.45. The van der Waals surface area contributed by atoms with Crippen LogP contribution in [0.25, 0.3) is 0 Å². The summed E-state index contributed by atoms with van der Waals surface area (Å²) in [6.07, 6.45) is 14.3. The summed E-state index contributed by atoms with van der Waals surface area (Å²) in [6.45, 7) is 6.33. The normalized spacial score (nSPS) is 17.6. The van der Waals surface area contributed by atoms with Crippen LogP contribution in [0.2, 0.25) is 0 Å². The van der Waals surface area contributed by atoms with Gasteiger partial charge in [0.25, 0.3) is 0 Å². The highest BCUT2D eigenvalue weighted by Gasteiger charge is 2.06. The maximum Gasteiger partial charge on any atom is 0.0971 e. The average Bonchev–Trinajstić information content (AvgIpc) is 2.29. The van der Waals surface area contributed by atoms with Crippen molar-refractivity contribution >= 4 is 0 Å². The van der Waals surface area contributed by atoms with Gasteiger partial charge in [0, 0.05) is 0 Å². The molecule has 0 amide bonds. The third-order valence-corrected chi connectivity index (χ3v) is 2.90. The van der Waals surface area contributed by atoms with E-state index in [1.807, 2.05) is 12.2 Å². The van der Waals surface area contributed by atoms with Crippen LogP contribution in [0.1, 0.15) is 46.5 Å². The molecule has 1 aliphatic carbocycles. The van der Waals surface area contributed by atoms with Gasteiger partial charge in [0.2, 0.25) is 0 Å². The second-order valence-electron chi connectivity index (χ2n) is 4.96. The first-order chi connectivity index (χ1) is 8.09. The molecule has 1 heteroatoms. The lowest BCUT2D eigenvalue weighted by atomic mass is 9.99. The number of aliphatic hydroxyl groups is 1. The van der Waals surface area contributed by atoms with Crippen LogP contribution in [0.5, 0.6) is 0 Å². The Morgan fingerprint density at radius 3 is 2.71 bits per heavy atom. The zero-order chi connectivity index (χ0) is 12.7. The topological polar surface area (TPSA) is 20.2 Å². The van der Waals surface area contributed by atoms with Crippen molar-refractivity contribution in [3.63, 3.8) is 0 Å². The van der Waals surface area contributed by atoms with E-state index in [-0.39, 0.29) is 0 Å². The lowest BCUT2D eigenvalue weighted by molar-refractivity contribution is 0.261. The van der Waals surface area contributed by atoms with Crippen LogP contribution < -0.4 is 0 Å². The van der Waals surface area contributed by atoms with Crippen molar-refractivity contribution in [3.8, 4) is 0 Å². The maximum atomic E-state index is 10.0. The fraction of sp³-hybridized carbons (Fsp3) is 0.500. The summed E-state index contributed by atoms with van der Waals surface area (Å²) in [5.41, 5.74) is 3.66. The highest BCUT2D eigenvalue weighted by Crippen LogP contribution is 2.16. The minimum Gasteiger partial charge on any atom is -0.384 e. The third kappa shape index (κ3) is 5.69. The van der Waals surface area contributed by atoms with Crippen LogP contribution in [0.3, 0.4) is 0 Å². The van der Waals surface area contributed by atoms with E-state index in [1.165, 1.54) is 11.1 Å². The summed E-state index contributed by atoms with van der Waals surface area (Å²) in [5.74, 6) is 0. The molecule has 94 valence electrons. The number of hydrogen-bond donors (Lipinski definition) is 1. The highest BCUT2D eigenvalue weighted by molar-refractivity contribution is 5.30. The van der Waals surface area contributed by atoms with Crippen molar-refractivity contribution in [2.24, 2.45) is 0 Å². The molecule has 1 unspecified atom stereocenters. The van der Waals surface area contributed by atoms with Gasteiger partial charge < -0.3 is 5.11 Å². The fourth-order valence-corrected chi connectivity index (χ4v) is 1.89. The highest BCUT2D eigenvalue weighted by atomic mass is 16.3. The largest absolute Gasteiger partial charge is 0.384 e. The van der Waals surface area contributed by atoms with E-state index < -0.39 is 6.10 Å². The Morgan fingerprint density at radius 1 is 1.35 bits per heavy atom. The number of aliphatic hydroxyl groups excluding tert-OH is 1. The van der Waals surface area contributed by atoms with E-state index in [0.29, 0.717) is 0 Å². The Kier molecular flexibility index (Phi) is 5.99. The molecular formula is C16H24O. The molecule has 1 atom stereocenters. The van der Waals surface area contributed by atoms with Crippen LogP contribution in [-0.4, -0.2) is 11.2 Å². The zero-order valence-corrected chi connectivity index (χ0v) is 11.2. The molecule has 17 heavy (non-hydrogen) atoms. The van der Waals surface area contributed by atoms with Crippen LogP contribution in [0, 0.1) is 0 Å². The minimum absolute atomic E-state index is 0.432. The Labute approximate surface area is 105 Å². The van der Waals surface area contributed by atoms with Gasteiger partial charge in [0.05, 0.1) is 6.10 Å². The third-order valence-electron chi connectivity index (χ3n) is 2.90. The lowest BCUT2D eigenvalue weighted by Gasteiger charge is -2.12. The van der Waals surface area contributed by atoms with Gasteiger partial charge in [0.1, 0.15) is 0 Å². The molecule has 1 nitrogen and oxygen atoms in total. The molecule has 0 aliphatic heterocycles. The molecule has 0 saturated heterocycles. The molecular weight excluding hydrogens is 208 g/mol. The first-order valence-electron chi connectivity index (χ1n) is 6.45. The summed E-state index contributed by atoms with van der Waals surface area (Å²) < 4.78 is 0. The van der Waals surface area contributed by atoms with Gasteiger partial charge >= 0.3 is 0 Å². The molecule has 1 rings (SSSR count). The summed E-state index contributed by atoms with van der Waals surface area (Å²) in [5, 5.41) is 10.0. The Balaban J connectivity index is 2.47. The van der Waals surface area contributed by atoms with Gasteiger partial charge in [-0.05, 0) is 52.0 Å². The molecule has 1 aliphatic rings. The van der Waals surface area contributed by atoms with Crippen molar-refractivity contribution in [2.75, 3.05) is 0 Å². The summed E-state index contributed by atoms with van der Waals surface area (Å²) >= 11 is 0. The molecule has 0 fully saturated rings. The predicted molar refractivity (Wildman–Crippen MR) is 74.9 cm³/mol. The molecule has 0 aromatic carbocycles. The second-order valence-corrected chi connectivity index (χ2v) is 4.96. The van der Waals surface area contributed by atoms with Gasteiger partial charge in [-0.25, -0.2) is 0 Å². The van der Waals surface area contributed by atoms with Crippen LogP contribution >= 0.6 is 0 Å². The average molecular weight is 232 g/mol. The van der Waals surface area contributed by atoms with Gasteiger partial charge in [-0.15, -0.1) is 0 Å². The smallest absolute Gasteiger partial charge is 0.0971 e. The summed E-state index contributed by atoms with van der Waals surface area (Å²) in [6, 6.07) is 0. The Bertz CT molecular complexity index is 352.